The van der Waals surface area contributed by atoms with Crippen molar-refractivity contribution in [1.29, 1.82) is 0 Å². The second kappa shape index (κ2) is 6.32. The van der Waals surface area contributed by atoms with Crippen LogP contribution in [0.15, 0.2) is 23.1 Å². The van der Waals surface area contributed by atoms with Crippen molar-refractivity contribution in [3.63, 3.8) is 0 Å². The lowest BCUT2D eigenvalue weighted by Crippen LogP contribution is -2.38. The predicted octanol–water partition coefficient (Wildman–Crippen LogP) is 1.73. The summed E-state index contributed by atoms with van der Waals surface area (Å²) in [5, 5.41) is 4.92. The molecule has 0 saturated carbocycles. The number of primary sulfonamides is 1. The Hall–Kier alpha value is -1.47. The van der Waals surface area contributed by atoms with Crippen LogP contribution in [0, 0.1) is 5.82 Å². The fourth-order valence-corrected chi connectivity index (χ4v) is 2.36. The summed E-state index contributed by atoms with van der Waals surface area (Å²) in [6.07, 6.45) is 0.751. The van der Waals surface area contributed by atoms with Gasteiger partial charge in [-0.1, -0.05) is 6.92 Å². The summed E-state index contributed by atoms with van der Waals surface area (Å²) in [7, 11) is -3.98. The second-order valence-electron chi connectivity index (χ2n) is 4.78. The fourth-order valence-electron chi connectivity index (χ4n) is 1.84. The quantitative estimate of drug-likeness (QED) is 0.899. The van der Waals surface area contributed by atoms with E-state index in [-0.39, 0.29) is 16.5 Å². The minimum atomic E-state index is -3.98. The monoisotopic (exact) mass is 302 g/mol. The Morgan fingerprint density at radius 2 is 2.00 bits per heavy atom. The SMILES string of the molecule is CCCN(C(=O)c1ccc(S(N)(=O)=O)cc1F)C(C)C. The summed E-state index contributed by atoms with van der Waals surface area (Å²) in [6.45, 7) is 6.10. The van der Waals surface area contributed by atoms with Crippen LogP contribution < -0.4 is 5.14 Å². The number of hydrogen-bond acceptors (Lipinski definition) is 3. The van der Waals surface area contributed by atoms with Gasteiger partial charge in [0.05, 0.1) is 10.5 Å². The zero-order chi connectivity index (χ0) is 15.5. The summed E-state index contributed by atoms with van der Waals surface area (Å²) in [4.78, 5) is 13.5. The molecule has 1 rings (SSSR count). The van der Waals surface area contributed by atoms with Crippen LogP contribution in [0.2, 0.25) is 0 Å². The smallest absolute Gasteiger partial charge is 0.257 e. The van der Waals surface area contributed by atoms with Crippen LogP contribution in [0.5, 0.6) is 0 Å². The molecule has 0 aliphatic rings. The van der Waals surface area contributed by atoms with E-state index in [4.69, 9.17) is 5.14 Å². The maximum atomic E-state index is 13.9. The van der Waals surface area contributed by atoms with Crippen LogP contribution in [-0.2, 0) is 10.0 Å². The van der Waals surface area contributed by atoms with Crippen molar-refractivity contribution in [3.8, 4) is 0 Å². The van der Waals surface area contributed by atoms with Gasteiger partial charge in [0.2, 0.25) is 10.0 Å². The summed E-state index contributed by atoms with van der Waals surface area (Å²) >= 11 is 0. The van der Waals surface area contributed by atoms with Crippen molar-refractivity contribution in [2.45, 2.75) is 38.1 Å². The Morgan fingerprint density at radius 1 is 1.40 bits per heavy atom. The van der Waals surface area contributed by atoms with E-state index in [0.717, 1.165) is 24.6 Å². The van der Waals surface area contributed by atoms with E-state index >= 15 is 0 Å². The topological polar surface area (TPSA) is 80.5 Å². The van der Waals surface area contributed by atoms with Gasteiger partial charge in [-0.25, -0.2) is 17.9 Å². The molecule has 20 heavy (non-hydrogen) atoms. The van der Waals surface area contributed by atoms with Gasteiger partial charge in [0.1, 0.15) is 5.82 Å². The minimum Gasteiger partial charge on any atom is -0.336 e. The highest BCUT2D eigenvalue weighted by molar-refractivity contribution is 7.89. The van der Waals surface area contributed by atoms with Gasteiger partial charge in [-0.3, -0.25) is 4.79 Å². The van der Waals surface area contributed by atoms with Crippen LogP contribution >= 0.6 is 0 Å². The maximum absolute atomic E-state index is 13.9. The number of halogens is 1. The third-order valence-corrected chi connectivity index (χ3v) is 3.76. The zero-order valence-electron chi connectivity index (χ0n) is 11.8. The Labute approximate surface area is 118 Å². The van der Waals surface area contributed by atoms with Crippen LogP contribution in [0.4, 0.5) is 4.39 Å². The van der Waals surface area contributed by atoms with Gasteiger partial charge in [0.15, 0.2) is 0 Å². The Bertz CT molecular complexity index is 600. The molecule has 1 aromatic rings. The number of carbonyl (C=O) groups is 1. The number of nitrogens with two attached hydrogens (primary N) is 1. The number of hydrogen-bond donors (Lipinski definition) is 1. The Kier molecular flexibility index (Phi) is 5.24. The van der Waals surface area contributed by atoms with Gasteiger partial charge < -0.3 is 4.90 Å². The van der Waals surface area contributed by atoms with Crippen LogP contribution in [0.25, 0.3) is 0 Å². The van der Waals surface area contributed by atoms with Crippen molar-refractivity contribution < 1.29 is 17.6 Å². The van der Waals surface area contributed by atoms with Crippen molar-refractivity contribution >= 4 is 15.9 Å². The first-order chi connectivity index (χ1) is 9.18. The van der Waals surface area contributed by atoms with E-state index in [2.05, 4.69) is 0 Å². The summed E-state index contributed by atoms with van der Waals surface area (Å²) in [5.74, 6) is -1.34. The van der Waals surface area contributed by atoms with E-state index in [1.807, 2.05) is 20.8 Å². The molecule has 112 valence electrons. The van der Waals surface area contributed by atoms with Crippen LogP contribution in [0.3, 0.4) is 0 Å². The van der Waals surface area contributed by atoms with Gasteiger partial charge in [-0.15, -0.1) is 0 Å². The van der Waals surface area contributed by atoms with E-state index < -0.39 is 21.7 Å². The first-order valence-electron chi connectivity index (χ1n) is 6.31. The average Bonchev–Trinajstić information content (AvgIpc) is 2.33. The van der Waals surface area contributed by atoms with E-state index in [9.17, 15) is 17.6 Å². The Morgan fingerprint density at radius 3 is 2.40 bits per heavy atom. The van der Waals surface area contributed by atoms with Crippen molar-refractivity contribution in [2.24, 2.45) is 5.14 Å². The molecule has 0 spiro atoms. The first kappa shape index (κ1) is 16.6. The highest BCUT2D eigenvalue weighted by atomic mass is 32.2. The standard InChI is InChI=1S/C13H19FN2O3S/c1-4-7-16(9(2)3)13(17)11-6-5-10(8-12(11)14)20(15,18)19/h5-6,8-9H,4,7H2,1-3H3,(H2,15,18,19). The molecule has 5 nitrogen and oxygen atoms in total. The number of sulfonamides is 1. The van der Waals surface area contributed by atoms with Gasteiger partial charge in [0, 0.05) is 12.6 Å². The maximum Gasteiger partial charge on any atom is 0.257 e. The highest BCUT2D eigenvalue weighted by Gasteiger charge is 2.22. The van der Waals surface area contributed by atoms with Crippen molar-refractivity contribution in [2.75, 3.05) is 6.54 Å². The van der Waals surface area contributed by atoms with Crippen LogP contribution in [-0.4, -0.2) is 31.8 Å². The lowest BCUT2D eigenvalue weighted by atomic mass is 10.1. The van der Waals surface area contributed by atoms with Crippen molar-refractivity contribution in [3.05, 3.63) is 29.6 Å². The number of carbonyl (C=O) groups excluding carboxylic acids is 1. The van der Waals surface area contributed by atoms with Gasteiger partial charge in [-0.2, -0.15) is 0 Å². The first-order valence-corrected chi connectivity index (χ1v) is 7.86. The highest BCUT2D eigenvalue weighted by Crippen LogP contribution is 2.17. The Balaban J connectivity index is 3.17. The molecule has 0 atom stereocenters. The van der Waals surface area contributed by atoms with E-state index in [1.54, 1.807) is 0 Å². The zero-order valence-corrected chi connectivity index (χ0v) is 12.6. The molecule has 0 aliphatic heterocycles. The molecule has 2 N–H and O–H groups in total. The molecule has 0 heterocycles. The molecular weight excluding hydrogens is 283 g/mol. The summed E-state index contributed by atoms with van der Waals surface area (Å²) < 4.78 is 36.2. The average molecular weight is 302 g/mol. The second-order valence-corrected chi connectivity index (χ2v) is 6.34. The normalized spacial score (nSPS) is 11.7. The predicted molar refractivity (Wildman–Crippen MR) is 74.2 cm³/mol. The molecule has 1 amide bonds. The molecule has 0 unspecified atom stereocenters. The molecule has 0 fully saturated rings. The molecular formula is C13H19FN2O3S. The number of benzene rings is 1. The molecule has 0 saturated heterocycles. The largest absolute Gasteiger partial charge is 0.336 e. The van der Waals surface area contributed by atoms with E-state index in [0.29, 0.717) is 6.54 Å². The van der Waals surface area contributed by atoms with Gasteiger partial charge >= 0.3 is 0 Å². The molecule has 1 aromatic carbocycles. The fraction of sp³-hybridized carbons (Fsp3) is 0.462. The minimum absolute atomic E-state index is 0.0697. The third-order valence-electron chi connectivity index (χ3n) is 2.85. The van der Waals surface area contributed by atoms with Gasteiger partial charge in [-0.05, 0) is 38.5 Å². The van der Waals surface area contributed by atoms with Gasteiger partial charge in [0.25, 0.3) is 5.91 Å². The molecule has 0 bridgehead atoms. The summed E-state index contributed by atoms with van der Waals surface area (Å²) in [6, 6.07) is 2.99. The molecule has 0 aromatic heterocycles. The van der Waals surface area contributed by atoms with Crippen LogP contribution in [0.1, 0.15) is 37.6 Å². The number of amides is 1. The number of nitrogens with zero attached hydrogens (tertiary/aromatic N) is 1. The van der Waals surface area contributed by atoms with E-state index in [1.165, 1.54) is 4.90 Å². The van der Waals surface area contributed by atoms with Crippen molar-refractivity contribution in [1.82, 2.24) is 4.90 Å². The molecule has 0 radical (unpaired) electrons. The number of rotatable bonds is 5. The summed E-state index contributed by atoms with van der Waals surface area (Å²) in [5.41, 5.74) is -0.153. The molecule has 7 heteroatoms. The lowest BCUT2D eigenvalue weighted by Gasteiger charge is -2.26. The third kappa shape index (κ3) is 3.77. The lowest BCUT2D eigenvalue weighted by molar-refractivity contribution is 0.0701. The molecule has 0 aliphatic carbocycles.